The molecule has 0 fully saturated rings. The standard InChI is InChI=1S/C19H21N5O3/c20-17-16-18(26)21-8-9-27-19(16)24-14(23-17)3-1-2-11-4-6-13-12(10-11)5-7-15(25)22-13/h4,6,10H,1-3,5,7-9H2,(H,21,26)(H,22,25)(H2,20,23,24). The van der Waals surface area contributed by atoms with Crippen molar-refractivity contribution in [2.75, 3.05) is 24.2 Å². The Hall–Kier alpha value is -3.16. The average Bonchev–Trinajstić information content (AvgIpc) is 2.83. The lowest BCUT2D eigenvalue weighted by Gasteiger charge is -2.17. The summed E-state index contributed by atoms with van der Waals surface area (Å²) < 4.78 is 5.53. The predicted octanol–water partition coefficient (Wildman–Crippen LogP) is 1.24. The van der Waals surface area contributed by atoms with Crippen LogP contribution < -0.4 is 21.1 Å². The molecule has 4 N–H and O–H groups in total. The van der Waals surface area contributed by atoms with Crippen molar-refractivity contribution in [1.82, 2.24) is 15.3 Å². The minimum absolute atomic E-state index is 0.0732. The van der Waals surface area contributed by atoms with Crippen molar-refractivity contribution in [1.29, 1.82) is 0 Å². The lowest BCUT2D eigenvalue weighted by atomic mass is 9.98. The summed E-state index contributed by atoms with van der Waals surface area (Å²) in [6.07, 6.45) is 3.65. The van der Waals surface area contributed by atoms with Gasteiger partial charge in [-0.2, -0.15) is 4.98 Å². The van der Waals surface area contributed by atoms with Gasteiger partial charge in [0.1, 0.15) is 23.8 Å². The minimum Gasteiger partial charge on any atom is -0.475 e. The number of aryl methyl sites for hydroxylation is 3. The average molecular weight is 367 g/mol. The Morgan fingerprint density at radius 2 is 2.04 bits per heavy atom. The van der Waals surface area contributed by atoms with Crippen molar-refractivity contribution in [2.24, 2.45) is 0 Å². The second-order valence-corrected chi connectivity index (χ2v) is 6.70. The maximum Gasteiger partial charge on any atom is 0.260 e. The van der Waals surface area contributed by atoms with E-state index in [-0.39, 0.29) is 29.1 Å². The monoisotopic (exact) mass is 367 g/mol. The molecule has 3 heterocycles. The zero-order valence-corrected chi connectivity index (χ0v) is 14.9. The number of hydrogen-bond acceptors (Lipinski definition) is 6. The molecule has 0 radical (unpaired) electrons. The van der Waals surface area contributed by atoms with Gasteiger partial charge in [-0.25, -0.2) is 4.98 Å². The number of nitrogen functional groups attached to an aromatic ring is 1. The Morgan fingerprint density at radius 1 is 1.15 bits per heavy atom. The molecule has 1 aromatic heterocycles. The van der Waals surface area contributed by atoms with Crippen LogP contribution in [0.1, 0.15) is 40.2 Å². The number of nitrogens with two attached hydrogens (primary N) is 1. The van der Waals surface area contributed by atoms with Crippen molar-refractivity contribution in [2.45, 2.75) is 32.1 Å². The number of rotatable bonds is 4. The maximum absolute atomic E-state index is 12.0. The Kier molecular flexibility index (Phi) is 4.62. The van der Waals surface area contributed by atoms with Crippen molar-refractivity contribution in [3.63, 3.8) is 0 Å². The van der Waals surface area contributed by atoms with Crippen LogP contribution in [0.2, 0.25) is 0 Å². The lowest BCUT2D eigenvalue weighted by molar-refractivity contribution is -0.116. The normalized spacial score (nSPS) is 15.7. The van der Waals surface area contributed by atoms with Gasteiger partial charge in [-0.05, 0) is 36.5 Å². The third kappa shape index (κ3) is 3.69. The number of nitrogens with one attached hydrogen (secondary N) is 2. The highest BCUT2D eigenvalue weighted by molar-refractivity contribution is 6.00. The molecule has 0 saturated carbocycles. The summed E-state index contributed by atoms with van der Waals surface area (Å²) in [4.78, 5) is 32.1. The number of aromatic nitrogens is 2. The van der Waals surface area contributed by atoms with E-state index in [1.54, 1.807) is 0 Å². The summed E-state index contributed by atoms with van der Waals surface area (Å²) in [5.74, 6) is 0.763. The molecular weight excluding hydrogens is 346 g/mol. The first kappa shape index (κ1) is 17.3. The first-order valence-electron chi connectivity index (χ1n) is 9.09. The molecule has 0 saturated heterocycles. The van der Waals surface area contributed by atoms with Gasteiger partial charge in [-0.15, -0.1) is 0 Å². The molecule has 0 spiro atoms. The van der Waals surface area contributed by atoms with Crippen molar-refractivity contribution in [3.05, 3.63) is 40.7 Å². The largest absolute Gasteiger partial charge is 0.475 e. The second-order valence-electron chi connectivity index (χ2n) is 6.70. The van der Waals surface area contributed by atoms with Crippen molar-refractivity contribution in [3.8, 4) is 5.88 Å². The summed E-state index contributed by atoms with van der Waals surface area (Å²) in [6, 6.07) is 6.14. The number of fused-ring (bicyclic) bond motifs is 2. The van der Waals surface area contributed by atoms with E-state index in [1.165, 1.54) is 11.1 Å². The Labute approximate surface area is 156 Å². The number of carbonyl (C=O) groups is 2. The molecule has 2 amide bonds. The van der Waals surface area contributed by atoms with Gasteiger partial charge in [0.2, 0.25) is 11.8 Å². The number of hydrogen-bond donors (Lipinski definition) is 3. The van der Waals surface area contributed by atoms with Gasteiger partial charge >= 0.3 is 0 Å². The maximum atomic E-state index is 12.0. The molecular formula is C19H21N5O3. The van der Waals surface area contributed by atoms with Crippen LogP contribution in [-0.4, -0.2) is 34.9 Å². The fraction of sp³-hybridized carbons (Fsp3) is 0.368. The van der Waals surface area contributed by atoms with E-state index in [9.17, 15) is 9.59 Å². The van der Waals surface area contributed by atoms with Crippen LogP contribution in [0, 0.1) is 0 Å². The van der Waals surface area contributed by atoms with Crippen LogP contribution in [0.15, 0.2) is 18.2 Å². The molecule has 0 atom stereocenters. The van der Waals surface area contributed by atoms with Crippen molar-refractivity contribution < 1.29 is 14.3 Å². The molecule has 27 heavy (non-hydrogen) atoms. The third-order valence-electron chi connectivity index (χ3n) is 4.73. The topological polar surface area (TPSA) is 119 Å². The number of ether oxygens (including phenoxy) is 1. The third-order valence-corrected chi connectivity index (χ3v) is 4.73. The van der Waals surface area contributed by atoms with Crippen LogP contribution >= 0.6 is 0 Å². The molecule has 0 unspecified atom stereocenters. The summed E-state index contributed by atoms with van der Waals surface area (Å²) >= 11 is 0. The molecule has 2 aliphatic rings. The molecule has 1 aromatic carbocycles. The van der Waals surface area contributed by atoms with E-state index in [0.717, 1.165) is 24.9 Å². The molecule has 2 aliphatic heterocycles. The molecule has 0 aliphatic carbocycles. The quantitative estimate of drug-likeness (QED) is 0.748. The van der Waals surface area contributed by atoms with Gasteiger partial charge in [-0.1, -0.05) is 12.1 Å². The number of amides is 2. The number of nitrogens with zero attached hydrogens (tertiary/aromatic N) is 2. The van der Waals surface area contributed by atoms with Gasteiger partial charge in [-0.3, -0.25) is 9.59 Å². The predicted molar refractivity (Wildman–Crippen MR) is 99.7 cm³/mol. The van der Waals surface area contributed by atoms with Gasteiger partial charge in [0, 0.05) is 18.5 Å². The number of benzene rings is 1. The lowest BCUT2D eigenvalue weighted by Crippen LogP contribution is -2.25. The van der Waals surface area contributed by atoms with E-state index in [0.29, 0.717) is 31.8 Å². The first-order chi connectivity index (χ1) is 13.1. The fourth-order valence-electron chi connectivity index (χ4n) is 3.38. The van der Waals surface area contributed by atoms with Crippen LogP contribution in [-0.2, 0) is 24.1 Å². The number of carbonyl (C=O) groups excluding carboxylic acids is 2. The molecule has 4 rings (SSSR count). The SMILES string of the molecule is Nc1nc(CCCc2ccc3c(c2)CCC(=O)N3)nc2c1C(=O)NCCO2. The van der Waals surface area contributed by atoms with Crippen LogP contribution in [0.5, 0.6) is 5.88 Å². The van der Waals surface area contributed by atoms with Crippen molar-refractivity contribution >= 4 is 23.3 Å². The molecule has 8 heteroatoms. The van der Waals surface area contributed by atoms with Gasteiger partial charge in [0.05, 0.1) is 6.54 Å². The van der Waals surface area contributed by atoms with Crippen LogP contribution in [0.25, 0.3) is 0 Å². The molecule has 2 aromatic rings. The zero-order valence-electron chi connectivity index (χ0n) is 14.9. The van der Waals surface area contributed by atoms with Gasteiger partial charge < -0.3 is 21.1 Å². The smallest absolute Gasteiger partial charge is 0.260 e. The van der Waals surface area contributed by atoms with E-state index in [2.05, 4.69) is 26.7 Å². The Morgan fingerprint density at radius 3 is 2.93 bits per heavy atom. The number of anilines is 2. The van der Waals surface area contributed by atoms with Crippen LogP contribution in [0.4, 0.5) is 11.5 Å². The molecule has 8 nitrogen and oxygen atoms in total. The van der Waals surface area contributed by atoms with E-state index in [4.69, 9.17) is 10.5 Å². The second kappa shape index (κ2) is 7.22. The molecule has 0 bridgehead atoms. The highest BCUT2D eigenvalue weighted by Gasteiger charge is 2.23. The first-order valence-corrected chi connectivity index (χ1v) is 9.09. The van der Waals surface area contributed by atoms with E-state index >= 15 is 0 Å². The summed E-state index contributed by atoms with van der Waals surface area (Å²) in [5.41, 5.74) is 9.46. The van der Waals surface area contributed by atoms with E-state index in [1.807, 2.05) is 12.1 Å². The molecule has 140 valence electrons. The summed E-state index contributed by atoms with van der Waals surface area (Å²) in [7, 11) is 0. The highest BCUT2D eigenvalue weighted by atomic mass is 16.5. The highest BCUT2D eigenvalue weighted by Crippen LogP contribution is 2.25. The van der Waals surface area contributed by atoms with Gasteiger partial charge in [0.25, 0.3) is 5.91 Å². The fourth-order valence-corrected chi connectivity index (χ4v) is 3.38. The minimum atomic E-state index is -0.298. The Bertz CT molecular complexity index is 912. The summed E-state index contributed by atoms with van der Waals surface area (Å²) in [6.45, 7) is 0.781. The Balaban J connectivity index is 1.42. The van der Waals surface area contributed by atoms with E-state index < -0.39 is 0 Å². The van der Waals surface area contributed by atoms with Gasteiger partial charge in [0.15, 0.2) is 0 Å². The summed E-state index contributed by atoms with van der Waals surface area (Å²) in [5, 5.41) is 5.60. The zero-order chi connectivity index (χ0) is 18.8. The van der Waals surface area contributed by atoms with Crippen LogP contribution in [0.3, 0.4) is 0 Å².